The Labute approximate surface area is 114 Å². The molecule has 0 aliphatic heterocycles. The van der Waals surface area contributed by atoms with E-state index in [4.69, 9.17) is 5.73 Å². The van der Waals surface area contributed by atoms with Crippen LogP contribution in [-0.2, 0) is 0 Å². The largest absolute Gasteiger partial charge is 0.330 e. The van der Waals surface area contributed by atoms with Crippen LogP contribution in [0.1, 0.15) is 84.0 Å². The van der Waals surface area contributed by atoms with Gasteiger partial charge in [0.2, 0.25) is 0 Å². The molecule has 0 saturated heterocycles. The number of rotatable bonds is 6. The summed E-state index contributed by atoms with van der Waals surface area (Å²) < 4.78 is 0. The zero-order chi connectivity index (χ0) is 12.8. The van der Waals surface area contributed by atoms with Gasteiger partial charge in [-0.15, -0.1) is 0 Å². The third kappa shape index (κ3) is 3.73. The summed E-state index contributed by atoms with van der Waals surface area (Å²) in [6.45, 7) is 3.26. The smallest absolute Gasteiger partial charge is 0.00204 e. The lowest BCUT2D eigenvalue weighted by atomic mass is 9.65. The molecule has 2 saturated carbocycles. The zero-order valence-corrected chi connectivity index (χ0v) is 12.4. The first-order valence-electron chi connectivity index (χ1n) is 8.48. The lowest BCUT2D eigenvalue weighted by Gasteiger charge is -2.41. The lowest BCUT2D eigenvalue weighted by Crippen LogP contribution is -2.36. The first-order chi connectivity index (χ1) is 8.78. The molecule has 2 aliphatic rings. The van der Waals surface area contributed by atoms with Crippen molar-refractivity contribution in [3.8, 4) is 0 Å². The Morgan fingerprint density at radius 2 is 1.67 bits per heavy atom. The topological polar surface area (TPSA) is 26.0 Å². The quantitative estimate of drug-likeness (QED) is 0.714. The summed E-state index contributed by atoms with van der Waals surface area (Å²) in [5.41, 5.74) is 6.70. The van der Waals surface area contributed by atoms with Gasteiger partial charge in [0.1, 0.15) is 0 Å². The van der Waals surface area contributed by atoms with Gasteiger partial charge in [0.05, 0.1) is 0 Å². The zero-order valence-electron chi connectivity index (χ0n) is 12.4. The highest BCUT2D eigenvalue weighted by Crippen LogP contribution is 2.46. The molecule has 106 valence electrons. The van der Waals surface area contributed by atoms with Crippen LogP contribution in [0.4, 0.5) is 0 Å². The fraction of sp³-hybridized carbons (Fsp3) is 1.00. The maximum atomic E-state index is 6.16. The average molecular weight is 251 g/mol. The molecular weight excluding hydrogens is 218 g/mol. The highest BCUT2D eigenvalue weighted by Gasteiger charge is 2.36. The molecule has 0 aromatic rings. The molecule has 0 bridgehead atoms. The summed E-state index contributed by atoms with van der Waals surface area (Å²) in [5.74, 6) is 2.04. The van der Waals surface area contributed by atoms with Crippen LogP contribution in [0.2, 0.25) is 0 Å². The molecule has 1 heteroatoms. The van der Waals surface area contributed by atoms with E-state index in [1.54, 1.807) is 0 Å². The fourth-order valence-corrected chi connectivity index (χ4v) is 4.39. The molecule has 18 heavy (non-hydrogen) atoms. The maximum Gasteiger partial charge on any atom is -0.00204 e. The Balaban J connectivity index is 1.79. The van der Waals surface area contributed by atoms with E-state index in [1.807, 2.05) is 0 Å². The highest BCUT2D eigenvalue weighted by atomic mass is 14.6. The van der Waals surface area contributed by atoms with E-state index in [1.165, 1.54) is 77.0 Å². The molecule has 0 unspecified atom stereocenters. The maximum absolute atomic E-state index is 6.16. The van der Waals surface area contributed by atoms with Gasteiger partial charge < -0.3 is 5.73 Å². The second-order valence-corrected chi connectivity index (χ2v) is 7.14. The van der Waals surface area contributed by atoms with E-state index < -0.39 is 0 Å². The molecule has 0 spiro atoms. The van der Waals surface area contributed by atoms with Crippen molar-refractivity contribution in [2.24, 2.45) is 23.0 Å². The van der Waals surface area contributed by atoms with Gasteiger partial charge in [-0.25, -0.2) is 0 Å². The van der Waals surface area contributed by atoms with Crippen molar-refractivity contribution < 1.29 is 0 Å². The van der Waals surface area contributed by atoms with Gasteiger partial charge >= 0.3 is 0 Å². The predicted octanol–water partition coefficient (Wildman–Crippen LogP) is 4.89. The van der Waals surface area contributed by atoms with E-state index in [-0.39, 0.29) is 0 Å². The van der Waals surface area contributed by atoms with Gasteiger partial charge in [0.25, 0.3) is 0 Å². The van der Waals surface area contributed by atoms with Gasteiger partial charge in [0, 0.05) is 0 Å². The number of nitrogens with two attached hydrogens (primary N) is 1. The van der Waals surface area contributed by atoms with Crippen molar-refractivity contribution in [3.05, 3.63) is 0 Å². The normalized spacial score (nSPS) is 34.0. The van der Waals surface area contributed by atoms with E-state index in [0.717, 1.165) is 18.4 Å². The van der Waals surface area contributed by atoms with Gasteiger partial charge in [0.15, 0.2) is 0 Å². The number of unbranched alkanes of at least 4 members (excludes halogenated alkanes) is 1. The van der Waals surface area contributed by atoms with Crippen LogP contribution >= 0.6 is 0 Å². The van der Waals surface area contributed by atoms with Gasteiger partial charge in [-0.1, -0.05) is 51.9 Å². The minimum absolute atomic E-state index is 0.539. The average Bonchev–Trinajstić information content (AvgIpc) is 2.91. The Bertz CT molecular complexity index is 222. The minimum Gasteiger partial charge on any atom is -0.330 e. The standard InChI is InChI=1S/C17H33N/c1-2-3-6-15-9-11-17(14-18,12-10-15)13-16-7-4-5-8-16/h15-16H,2-14,18H2,1H3. The molecule has 2 aliphatic carbocycles. The molecule has 0 atom stereocenters. The SMILES string of the molecule is CCCCC1CCC(CN)(CC2CCCC2)CC1. The van der Waals surface area contributed by atoms with E-state index in [2.05, 4.69) is 6.92 Å². The first-order valence-corrected chi connectivity index (χ1v) is 8.48. The van der Waals surface area contributed by atoms with Crippen molar-refractivity contribution in [3.63, 3.8) is 0 Å². The number of hydrogen-bond donors (Lipinski definition) is 1. The van der Waals surface area contributed by atoms with Crippen LogP contribution in [0.15, 0.2) is 0 Å². The Hall–Kier alpha value is -0.0400. The Morgan fingerprint density at radius 1 is 1.00 bits per heavy atom. The first kappa shape index (κ1) is 14.4. The van der Waals surface area contributed by atoms with Crippen molar-refractivity contribution in [1.29, 1.82) is 0 Å². The van der Waals surface area contributed by atoms with Crippen molar-refractivity contribution in [2.75, 3.05) is 6.54 Å². The lowest BCUT2D eigenvalue weighted by molar-refractivity contribution is 0.117. The van der Waals surface area contributed by atoms with E-state index in [9.17, 15) is 0 Å². The van der Waals surface area contributed by atoms with E-state index >= 15 is 0 Å². The van der Waals surface area contributed by atoms with Crippen LogP contribution in [0, 0.1) is 17.3 Å². The Kier molecular flexibility index (Phi) is 5.54. The molecule has 0 aromatic carbocycles. The summed E-state index contributed by atoms with van der Waals surface area (Å²) >= 11 is 0. The molecule has 1 nitrogen and oxygen atoms in total. The van der Waals surface area contributed by atoms with Crippen molar-refractivity contribution >= 4 is 0 Å². The second kappa shape index (κ2) is 6.93. The molecule has 0 heterocycles. The van der Waals surface area contributed by atoms with Crippen LogP contribution in [0.3, 0.4) is 0 Å². The molecule has 0 amide bonds. The molecule has 2 rings (SSSR count). The fourth-order valence-electron chi connectivity index (χ4n) is 4.39. The number of hydrogen-bond acceptors (Lipinski definition) is 1. The second-order valence-electron chi connectivity index (χ2n) is 7.14. The van der Waals surface area contributed by atoms with E-state index in [0.29, 0.717) is 5.41 Å². The third-order valence-corrected chi connectivity index (χ3v) is 5.76. The van der Waals surface area contributed by atoms with Crippen molar-refractivity contribution in [1.82, 2.24) is 0 Å². The summed E-state index contributed by atoms with van der Waals surface area (Å²) in [4.78, 5) is 0. The minimum atomic E-state index is 0.539. The van der Waals surface area contributed by atoms with Crippen LogP contribution < -0.4 is 5.73 Å². The van der Waals surface area contributed by atoms with Gasteiger partial charge in [-0.05, 0) is 55.9 Å². The summed E-state index contributed by atoms with van der Waals surface area (Å²) in [6.07, 6.45) is 17.4. The predicted molar refractivity (Wildman–Crippen MR) is 79.5 cm³/mol. The van der Waals surface area contributed by atoms with Crippen LogP contribution in [-0.4, -0.2) is 6.54 Å². The van der Waals surface area contributed by atoms with Gasteiger partial charge in [-0.2, -0.15) is 0 Å². The molecule has 0 aromatic heterocycles. The van der Waals surface area contributed by atoms with Gasteiger partial charge in [-0.3, -0.25) is 0 Å². The van der Waals surface area contributed by atoms with Crippen molar-refractivity contribution in [2.45, 2.75) is 84.0 Å². The Morgan fingerprint density at radius 3 is 2.22 bits per heavy atom. The molecule has 2 fully saturated rings. The molecule has 0 radical (unpaired) electrons. The molecule has 2 N–H and O–H groups in total. The summed E-state index contributed by atoms with van der Waals surface area (Å²) in [5, 5.41) is 0. The van der Waals surface area contributed by atoms with Crippen LogP contribution in [0.25, 0.3) is 0 Å². The highest BCUT2D eigenvalue weighted by molar-refractivity contribution is 4.89. The third-order valence-electron chi connectivity index (χ3n) is 5.76. The molecular formula is C17H33N. The summed E-state index contributed by atoms with van der Waals surface area (Å²) in [6, 6.07) is 0. The monoisotopic (exact) mass is 251 g/mol. The summed E-state index contributed by atoms with van der Waals surface area (Å²) in [7, 11) is 0. The van der Waals surface area contributed by atoms with Crippen LogP contribution in [0.5, 0.6) is 0 Å².